The topological polar surface area (TPSA) is 154 Å². The van der Waals surface area contributed by atoms with Gasteiger partial charge in [-0.15, -0.1) is 0 Å². The Balaban J connectivity index is 1.22. The van der Waals surface area contributed by atoms with Crippen LogP contribution in [-0.2, 0) is 19.1 Å². The first-order chi connectivity index (χ1) is 16.6. The molecule has 1 unspecified atom stereocenters. The molecule has 0 aromatic carbocycles. The summed E-state index contributed by atoms with van der Waals surface area (Å²) in [4.78, 5) is 24.6. The lowest BCUT2D eigenvalue weighted by Gasteiger charge is -2.56. The molecule has 198 valence electrons. The number of aliphatic hydroxyl groups is 4. The number of carboxylic acids is 1. The molecule has 35 heavy (non-hydrogen) atoms. The molecule has 5 rings (SSSR count). The van der Waals surface area contributed by atoms with Gasteiger partial charge in [-0.3, -0.25) is 4.79 Å². The maximum Gasteiger partial charge on any atom is 0.335 e. The molecule has 13 atom stereocenters. The van der Waals surface area contributed by atoms with Crippen molar-refractivity contribution in [2.75, 3.05) is 6.61 Å². The average molecular weight is 497 g/mol. The molecular weight excluding hydrogens is 456 g/mol. The van der Waals surface area contributed by atoms with Gasteiger partial charge in [-0.1, -0.05) is 6.92 Å². The number of rotatable bonds is 5. The van der Waals surface area contributed by atoms with Crippen LogP contribution in [0.25, 0.3) is 0 Å². The third kappa shape index (κ3) is 4.36. The molecule has 0 aromatic rings. The average Bonchev–Trinajstić information content (AvgIpc) is 3.18. The zero-order chi connectivity index (χ0) is 25.1. The number of ketones is 1. The van der Waals surface area contributed by atoms with Crippen LogP contribution < -0.4 is 0 Å². The van der Waals surface area contributed by atoms with E-state index >= 15 is 0 Å². The molecule has 9 nitrogen and oxygen atoms in total. The van der Waals surface area contributed by atoms with E-state index in [-0.39, 0.29) is 29.8 Å². The van der Waals surface area contributed by atoms with Gasteiger partial charge in [-0.05, 0) is 92.8 Å². The van der Waals surface area contributed by atoms with E-state index < -0.39 is 36.7 Å². The molecule has 0 radical (unpaired) electrons. The lowest BCUT2D eigenvalue weighted by atomic mass is 9.49. The van der Waals surface area contributed by atoms with Crippen molar-refractivity contribution in [2.45, 2.75) is 102 Å². The summed E-state index contributed by atoms with van der Waals surface area (Å²) in [5.41, 5.74) is -0.103. The first kappa shape index (κ1) is 25.5. The number of fused-ring (bicyclic) bond motifs is 5. The van der Waals surface area contributed by atoms with E-state index in [4.69, 9.17) is 9.47 Å². The van der Waals surface area contributed by atoms with Crippen molar-refractivity contribution in [1.82, 2.24) is 0 Å². The third-order valence-electron chi connectivity index (χ3n) is 10.5. The minimum absolute atomic E-state index is 0.0776. The largest absolute Gasteiger partial charge is 0.479 e. The molecule has 0 spiro atoms. The molecule has 0 amide bonds. The summed E-state index contributed by atoms with van der Waals surface area (Å²) in [6, 6.07) is 0. The summed E-state index contributed by atoms with van der Waals surface area (Å²) >= 11 is 0. The van der Waals surface area contributed by atoms with Crippen LogP contribution in [0.15, 0.2) is 0 Å². The van der Waals surface area contributed by atoms with Crippen molar-refractivity contribution in [2.24, 2.45) is 40.9 Å². The number of carbonyl (C=O) groups is 2. The molecule has 1 saturated heterocycles. The number of carboxylic acid groups (broad SMARTS) is 1. The second-order valence-electron chi connectivity index (χ2n) is 12.1. The molecule has 0 bridgehead atoms. The van der Waals surface area contributed by atoms with Crippen LogP contribution in [0.2, 0.25) is 0 Å². The third-order valence-corrected chi connectivity index (χ3v) is 10.5. The smallest absolute Gasteiger partial charge is 0.335 e. The molecule has 5 aliphatic rings. The fourth-order valence-corrected chi connectivity index (χ4v) is 8.81. The van der Waals surface area contributed by atoms with Crippen molar-refractivity contribution in [3.8, 4) is 0 Å². The number of hydrogen-bond donors (Lipinski definition) is 5. The predicted molar refractivity (Wildman–Crippen MR) is 122 cm³/mol. The highest BCUT2D eigenvalue weighted by Gasteiger charge is 2.58. The number of hydrogen-bond acceptors (Lipinski definition) is 8. The van der Waals surface area contributed by atoms with E-state index in [1.165, 1.54) is 12.8 Å². The molecule has 5 fully saturated rings. The summed E-state index contributed by atoms with van der Waals surface area (Å²) < 4.78 is 10.7. The van der Waals surface area contributed by atoms with E-state index in [2.05, 4.69) is 6.92 Å². The summed E-state index contributed by atoms with van der Waals surface area (Å²) in [6.07, 6.45) is 0.679. The van der Waals surface area contributed by atoms with Crippen LogP contribution in [0.4, 0.5) is 0 Å². The maximum atomic E-state index is 13.3. The Labute approximate surface area is 205 Å². The normalized spacial score (nSPS) is 51.7. The van der Waals surface area contributed by atoms with Gasteiger partial charge in [0.15, 0.2) is 18.2 Å². The Morgan fingerprint density at radius 3 is 2.37 bits per heavy atom. The molecule has 5 N–H and O–H groups in total. The van der Waals surface area contributed by atoms with Crippen molar-refractivity contribution >= 4 is 11.8 Å². The summed E-state index contributed by atoms with van der Waals surface area (Å²) in [6.45, 7) is 1.91. The Morgan fingerprint density at radius 2 is 1.63 bits per heavy atom. The highest BCUT2D eigenvalue weighted by atomic mass is 16.7. The van der Waals surface area contributed by atoms with Gasteiger partial charge in [0.2, 0.25) is 0 Å². The number of Topliss-reactive ketones (excluding diaryl/α,β-unsaturated/α-hetero) is 1. The lowest BCUT2D eigenvalue weighted by molar-refractivity contribution is -0.292. The monoisotopic (exact) mass is 496 g/mol. The minimum atomic E-state index is -1.79. The standard InChI is InChI=1S/C26H40O9/c1-26-9-8-15-14-5-3-13(27)10-12(14)2-4-16(15)17(26)6-7-18(26)19(28)11-34-25-22(31)20(29)21(30)23(35-25)24(32)33/h12-18,20-23,25,27,29-31H,2-11H2,1H3,(H,32,33)/t12-,13-,14-,15+,16+,17-,18+,20-,21-,22+,23-,25?,26-/m0/s1. The quantitative estimate of drug-likeness (QED) is 0.376. The highest BCUT2D eigenvalue weighted by molar-refractivity contribution is 5.83. The van der Waals surface area contributed by atoms with Crippen molar-refractivity contribution in [3.05, 3.63) is 0 Å². The van der Waals surface area contributed by atoms with Crippen molar-refractivity contribution in [1.29, 1.82) is 0 Å². The van der Waals surface area contributed by atoms with E-state index in [0.717, 1.165) is 44.9 Å². The van der Waals surface area contributed by atoms with Gasteiger partial charge in [-0.25, -0.2) is 4.79 Å². The van der Waals surface area contributed by atoms with Gasteiger partial charge < -0.3 is 35.0 Å². The SMILES string of the molecule is C[C@]12CC[C@H]3[C@@H](CC[C@H]4C[C@@H](O)CC[C@@H]43)[C@@H]1CC[C@@H]2C(=O)COC1O[C@H](C(=O)O)[C@@H](O)[C@H](O)[C@H]1O. The second kappa shape index (κ2) is 9.65. The Morgan fingerprint density at radius 1 is 0.886 bits per heavy atom. The van der Waals surface area contributed by atoms with E-state index in [1.54, 1.807) is 0 Å². The van der Waals surface area contributed by atoms with Crippen molar-refractivity contribution in [3.63, 3.8) is 0 Å². The maximum absolute atomic E-state index is 13.3. The Kier molecular flexibility index (Phi) is 7.04. The lowest BCUT2D eigenvalue weighted by Crippen LogP contribution is -2.60. The van der Waals surface area contributed by atoms with Crippen LogP contribution in [0.3, 0.4) is 0 Å². The minimum Gasteiger partial charge on any atom is -0.479 e. The molecule has 1 aliphatic heterocycles. The summed E-state index contributed by atoms with van der Waals surface area (Å²) in [5.74, 6) is 1.44. The molecular formula is C26H40O9. The van der Waals surface area contributed by atoms with E-state index in [1.807, 2.05) is 0 Å². The van der Waals surface area contributed by atoms with Crippen LogP contribution in [0.1, 0.15) is 64.7 Å². The van der Waals surface area contributed by atoms with E-state index in [0.29, 0.717) is 29.6 Å². The van der Waals surface area contributed by atoms with Crippen LogP contribution >= 0.6 is 0 Å². The van der Waals surface area contributed by atoms with Crippen LogP contribution in [-0.4, -0.2) is 80.7 Å². The predicted octanol–water partition coefficient (Wildman–Crippen LogP) is 1.09. The zero-order valence-corrected chi connectivity index (χ0v) is 20.4. The molecule has 4 aliphatic carbocycles. The van der Waals surface area contributed by atoms with Gasteiger partial charge in [0, 0.05) is 5.92 Å². The number of carbonyl (C=O) groups excluding carboxylic acids is 1. The molecule has 4 saturated carbocycles. The van der Waals surface area contributed by atoms with Gasteiger partial charge >= 0.3 is 5.97 Å². The fourth-order valence-electron chi connectivity index (χ4n) is 8.81. The first-order valence-corrected chi connectivity index (χ1v) is 13.4. The first-order valence-electron chi connectivity index (χ1n) is 13.4. The summed E-state index contributed by atoms with van der Waals surface area (Å²) in [5, 5.41) is 49.4. The molecule has 0 aromatic heterocycles. The number of ether oxygens (including phenoxy) is 2. The van der Waals surface area contributed by atoms with Gasteiger partial charge in [0.05, 0.1) is 6.10 Å². The molecule has 9 heteroatoms. The van der Waals surface area contributed by atoms with E-state index in [9.17, 15) is 35.1 Å². The fraction of sp³-hybridized carbons (Fsp3) is 0.923. The summed E-state index contributed by atoms with van der Waals surface area (Å²) in [7, 11) is 0. The van der Waals surface area contributed by atoms with Gasteiger partial charge in [0.1, 0.15) is 24.9 Å². The zero-order valence-electron chi connectivity index (χ0n) is 20.4. The van der Waals surface area contributed by atoms with Crippen LogP contribution in [0, 0.1) is 40.9 Å². The second-order valence-corrected chi connectivity index (χ2v) is 12.1. The highest BCUT2D eigenvalue weighted by Crippen LogP contribution is 2.64. The number of aliphatic carboxylic acids is 1. The van der Waals surface area contributed by atoms with Crippen molar-refractivity contribution < 1.29 is 44.6 Å². The van der Waals surface area contributed by atoms with Gasteiger partial charge in [-0.2, -0.15) is 0 Å². The molecule has 1 heterocycles. The number of aliphatic hydroxyl groups excluding tert-OH is 4. The van der Waals surface area contributed by atoms with Crippen LogP contribution in [0.5, 0.6) is 0 Å². The Bertz CT molecular complexity index is 819. The van der Waals surface area contributed by atoms with Gasteiger partial charge in [0.25, 0.3) is 0 Å². The Hall–Kier alpha value is -1.10.